The molecule has 2 heterocycles. The van der Waals surface area contributed by atoms with Crippen LogP contribution in [0.3, 0.4) is 0 Å². The zero-order valence-electron chi connectivity index (χ0n) is 8.07. The van der Waals surface area contributed by atoms with Crippen molar-refractivity contribution in [2.45, 2.75) is 17.6 Å². The van der Waals surface area contributed by atoms with Crippen LogP contribution in [0, 0.1) is 6.92 Å². The summed E-state index contributed by atoms with van der Waals surface area (Å²) in [6.07, 6.45) is 0. The van der Waals surface area contributed by atoms with Gasteiger partial charge in [-0.3, -0.25) is 4.57 Å². The van der Waals surface area contributed by atoms with Gasteiger partial charge in [0.2, 0.25) is 0 Å². The minimum Gasteiger partial charge on any atom is -0.281 e. The lowest BCUT2D eigenvalue weighted by molar-refractivity contribution is 0.894. The lowest BCUT2D eigenvalue weighted by Gasteiger charge is -2.18. The van der Waals surface area contributed by atoms with Crippen molar-refractivity contribution in [2.24, 2.45) is 0 Å². The summed E-state index contributed by atoms with van der Waals surface area (Å²) in [7, 11) is 0. The fraction of sp³-hybridized carbons (Fsp3) is 0.200. The Hall–Kier alpha value is -1.000. The monoisotopic (exact) mass is 237 g/mol. The highest BCUT2D eigenvalue weighted by Gasteiger charge is 2.19. The van der Waals surface area contributed by atoms with Gasteiger partial charge in [-0.2, -0.15) is 0 Å². The normalized spacial score (nSPS) is 13.5. The number of aryl methyl sites for hydroxylation is 1. The van der Waals surface area contributed by atoms with Crippen LogP contribution < -0.4 is 0 Å². The van der Waals surface area contributed by atoms with Gasteiger partial charge in [0.15, 0.2) is 0 Å². The van der Waals surface area contributed by atoms with E-state index in [1.54, 1.807) is 11.8 Å². The molecule has 0 aliphatic carbocycles. The second-order valence-corrected chi connectivity index (χ2v) is 4.85. The fourth-order valence-corrected chi connectivity index (χ4v) is 2.97. The van der Waals surface area contributed by atoms with Crippen molar-refractivity contribution in [1.29, 1.82) is 0 Å². The average Bonchev–Trinajstić information content (AvgIpc) is 2.60. The largest absolute Gasteiger partial charge is 0.281 e. The van der Waals surface area contributed by atoms with E-state index in [2.05, 4.69) is 14.8 Å². The molecule has 0 radical (unpaired) electrons. The summed E-state index contributed by atoms with van der Waals surface area (Å²) in [6.45, 7) is 1.96. The van der Waals surface area contributed by atoms with E-state index in [0.29, 0.717) is 0 Å². The Morgan fingerprint density at radius 2 is 2.27 bits per heavy atom. The number of nitrogens with zero attached hydrogens (tertiary/aromatic N) is 3. The van der Waals surface area contributed by atoms with Gasteiger partial charge in [0.05, 0.1) is 11.4 Å². The maximum atomic E-state index is 5.96. The Kier molecular flexibility index (Phi) is 2.00. The highest BCUT2D eigenvalue weighted by Crippen LogP contribution is 2.36. The topological polar surface area (TPSA) is 30.7 Å². The Balaban J connectivity index is 2.29. The second kappa shape index (κ2) is 3.25. The zero-order chi connectivity index (χ0) is 10.4. The van der Waals surface area contributed by atoms with E-state index in [1.165, 1.54) is 4.90 Å². The first-order valence-corrected chi connectivity index (χ1v) is 5.95. The first kappa shape index (κ1) is 9.24. The predicted octanol–water partition coefficient (Wildman–Crippen LogP) is 2.83. The lowest BCUT2D eigenvalue weighted by atomic mass is 10.3. The summed E-state index contributed by atoms with van der Waals surface area (Å²) in [5.41, 5.74) is 1.13. The Morgan fingerprint density at radius 1 is 1.40 bits per heavy atom. The van der Waals surface area contributed by atoms with Crippen LogP contribution in [-0.4, -0.2) is 14.8 Å². The van der Waals surface area contributed by atoms with E-state index in [1.807, 2.05) is 25.1 Å². The quantitative estimate of drug-likeness (QED) is 0.706. The average molecular weight is 238 g/mol. The minimum absolute atomic E-state index is 0.774. The van der Waals surface area contributed by atoms with Crippen molar-refractivity contribution in [3.8, 4) is 5.69 Å². The molecule has 0 N–H and O–H groups in total. The minimum atomic E-state index is 0.774. The molecule has 1 aromatic heterocycles. The van der Waals surface area contributed by atoms with Crippen molar-refractivity contribution in [3.05, 3.63) is 34.9 Å². The van der Waals surface area contributed by atoms with Crippen LogP contribution in [0.25, 0.3) is 5.69 Å². The van der Waals surface area contributed by atoms with Crippen LogP contribution in [-0.2, 0) is 5.75 Å². The number of aromatic nitrogens is 3. The van der Waals surface area contributed by atoms with Crippen molar-refractivity contribution in [2.75, 3.05) is 0 Å². The molecule has 0 saturated carbocycles. The molecule has 15 heavy (non-hydrogen) atoms. The number of rotatable bonds is 0. The summed E-state index contributed by atoms with van der Waals surface area (Å²) < 4.78 is 2.09. The zero-order valence-corrected chi connectivity index (χ0v) is 9.64. The van der Waals surface area contributed by atoms with E-state index in [-0.39, 0.29) is 0 Å². The molecule has 5 heteroatoms. The van der Waals surface area contributed by atoms with Gasteiger partial charge in [-0.25, -0.2) is 0 Å². The number of halogens is 1. The second-order valence-electron chi connectivity index (χ2n) is 3.40. The van der Waals surface area contributed by atoms with Crippen LogP contribution in [0.2, 0.25) is 5.02 Å². The highest BCUT2D eigenvalue weighted by molar-refractivity contribution is 7.98. The van der Waals surface area contributed by atoms with Gasteiger partial charge in [0, 0.05) is 9.92 Å². The third-order valence-corrected chi connectivity index (χ3v) is 3.69. The summed E-state index contributed by atoms with van der Waals surface area (Å²) in [5, 5.41) is 9.00. The van der Waals surface area contributed by atoms with Crippen molar-refractivity contribution < 1.29 is 0 Å². The standard InChI is InChI=1S/C10H8ClN3S/c1-6-12-13-10-5-15-9-4-7(11)2-3-8(9)14(6)10/h2-4H,5H2,1H3. The number of hydrogen-bond donors (Lipinski definition) is 0. The molecule has 2 aromatic rings. The van der Waals surface area contributed by atoms with Crippen molar-refractivity contribution >= 4 is 23.4 Å². The Morgan fingerprint density at radius 3 is 3.13 bits per heavy atom. The molecule has 0 saturated heterocycles. The number of benzene rings is 1. The van der Waals surface area contributed by atoms with E-state index >= 15 is 0 Å². The molecule has 76 valence electrons. The van der Waals surface area contributed by atoms with Gasteiger partial charge in [0.25, 0.3) is 0 Å². The fourth-order valence-electron chi connectivity index (χ4n) is 1.74. The molecular formula is C10H8ClN3S. The Bertz CT molecular complexity index is 535. The third-order valence-electron chi connectivity index (χ3n) is 2.41. The smallest absolute Gasteiger partial charge is 0.148 e. The van der Waals surface area contributed by atoms with E-state index in [9.17, 15) is 0 Å². The predicted molar refractivity (Wildman–Crippen MR) is 60.7 cm³/mol. The first-order valence-electron chi connectivity index (χ1n) is 4.59. The molecule has 0 bridgehead atoms. The van der Waals surface area contributed by atoms with Crippen LogP contribution >= 0.6 is 23.4 Å². The van der Waals surface area contributed by atoms with Gasteiger partial charge in [-0.1, -0.05) is 11.6 Å². The maximum absolute atomic E-state index is 5.96. The SMILES string of the molecule is Cc1nnc2n1-c1ccc(Cl)cc1SC2. The van der Waals surface area contributed by atoms with Gasteiger partial charge in [0.1, 0.15) is 11.6 Å². The molecule has 0 unspecified atom stereocenters. The van der Waals surface area contributed by atoms with Crippen LogP contribution in [0.15, 0.2) is 23.1 Å². The molecule has 0 amide bonds. The molecule has 0 fully saturated rings. The van der Waals surface area contributed by atoms with Crippen LogP contribution in [0.5, 0.6) is 0 Å². The molecule has 1 aliphatic heterocycles. The van der Waals surface area contributed by atoms with E-state index in [0.717, 1.165) is 28.1 Å². The van der Waals surface area contributed by atoms with Crippen molar-refractivity contribution in [3.63, 3.8) is 0 Å². The maximum Gasteiger partial charge on any atom is 0.148 e. The molecular weight excluding hydrogens is 230 g/mol. The number of fused-ring (bicyclic) bond motifs is 3. The number of hydrogen-bond acceptors (Lipinski definition) is 3. The molecule has 0 spiro atoms. The first-order chi connectivity index (χ1) is 7.25. The highest BCUT2D eigenvalue weighted by atomic mass is 35.5. The molecule has 3 rings (SSSR count). The number of thioether (sulfide) groups is 1. The Labute approximate surface area is 96.5 Å². The van der Waals surface area contributed by atoms with Crippen molar-refractivity contribution in [1.82, 2.24) is 14.8 Å². The van der Waals surface area contributed by atoms with Gasteiger partial charge in [-0.05, 0) is 25.1 Å². The summed E-state index contributed by atoms with van der Waals surface area (Å²) in [4.78, 5) is 1.19. The summed E-state index contributed by atoms with van der Waals surface area (Å²) >= 11 is 7.71. The van der Waals surface area contributed by atoms with Crippen LogP contribution in [0.1, 0.15) is 11.6 Å². The molecule has 3 nitrogen and oxygen atoms in total. The van der Waals surface area contributed by atoms with Gasteiger partial charge >= 0.3 is 0 Å². The van der Waals surface area contributed by atoms with Gasteiger partial charge in [-0.15, -0.1) is 22.0 Å². The summed E-state index contributed by atoms with van der Waals surface area (Å²) in [6, 6.07) is 5.91. The van der Waals surface area contributed by atoms with Crippen LogP contribution in [0.4, 0.5) is 0 Å². The van der Waals surface area contributed by atoms with Gasteiger partial charge < -0.3 is 0 Å². The van der Waals surface area contributed by atoms with E-state index in [4.69, 9.17) is 11.6 Å². The third kappa shape index (κ3) is 1.36. The molecule has 1 aliphatic rings. The molecule has 1 aromatic carbocycles. The molecule has 0 atom stereocenters. The van der Waals surface area contributed by atoms with E-state index < -0.39 is 0 Å². The summed E-state index contributed by atoms with van der Waals surface area (Å²) in [5.74, 6) is 2.79. The lowest BCUT2D eigenvalue weighted by Crippen LogP contribution is -2.07.